The Morgan fingerprint density at radius 3 is 1.66 bits per heavy atom. The highest BCUT2D eigenvalue weighted by atomic mass is 16.8. The van der Waals surface area contributed by atoms with Crippen LogP contribution in [-0.4, -0.2) is 48.7 Å². The van der Waals surface area contributed by atoms with Gasteiger partial charge >= 0.3 is 24.2 Å². The van der Waals surface area contributed by atoms with Gasteiger partial charge in [-0.05, 0) is 67.5 Å². The normalized spacial score (nSPS) is 11.2. The van der Waals surface area contributed by atoms with Crippen LogP contribution >= 0.6 is 0 Å². The predicted molar refractivity (Wildman–Crippen MR) is 112 cm³/mol. The monoisotopic (exact) mass is 454 g/mol. The molecule has 0 bridgehead atoms. The maximum absolute atomic E-state index is 12.7. The van der Waals surface area contributed by atoms with Crippen molar-refractivity contribution in [1.29, 1.82) is 0 Å². The first kappa shape index (κ1) is 26.7. The summed E-state index contributed by atoms with van der Waals surface area (Å²) in [7, 11) is 0. The molecule has 0 atom stereocenters. The van der Waals surface area contributed by atoms with Crippen LogP contribution in [0.15, 0.2) is 12.1 Å². The van der Waals surface area contributed by atoms with Crippen LogP contribution < -0.4 is 9.47 Å². The summed E-state index contributed by atoms with van der Waals surface area (Å²) in [4.78, 5) is 49.7. The Morgan fingerprint density at radius 1 is 0.719 bits per heavy atom. The van der Waals surface area contributed by atoms with Crippen molar-refractivity contribution >= 4 is 24.2 Å². The lowest BCUT2D eigenvalue weighted by molar-refractivity contribution is 0.0132. The summed E-state index contributed by atoms with van der Waals surface area (Å²) in [5.74, 6) is -2.77. The molecule has 1 aromatic carbocycles. The van der Waals surface area contributed by atoms with Gasteiger partial charge in [-0.3, -0.25) is 0 Å². The van der Waals surface area contributed by atoms with Gasteiger partial charge in [0, 0.05) is 0 Å². The zero-order valence-corrected chi connectivity index (χ0v) is 19.7. The molecule has 10 nitrogen and oxygen atoms in total. The standard InChI is InChI=1S/C22H30O10/c1-9-27-17(23)13-11-12-14(29-19(25)31-21(3,4)5)16(15(13)18(24)28-10-2)30-20(26)32-22(6,7)8/h11-12H,9-10H2,1-8H3. The highest BCUT2D eigenvalue weighted by Crippen LogP contribution is 2.36. The van der Waals surface area contributed by atoms with E-state index in [1.807, 2.05) is 0 Å². The average molecular weight is 454 g/mol. The zero-order chi connectivity index (χ0) is 24.7. The molecule has 0 amide bonds. The van der Waals surface area contributed by atoms with Crippen molar-refractivity contribution in [1.82, 2.24) is 0 Å². The fraction of sp³-hybridized carbons (Fsp3) is 0.545. The van der Waals surface area contributed by atoms with Crippen molar-refractivity contribution in [3.63, 3.8) is 0 Å². The van der Waals surface area contributed by atoms with E-state index >= 15 is 0 Å². The van der Waals surface area contributed by atoms with Crippen molar-refractivity contribution < 1.29 is 47.6 Å². The summed E-state index contributed by atoms with van der Waals surface area (Å²) in [5, 5.41) is 0. The Hall–Kier alpha value is -3.30. The van der Waals surface area contributed by atoms with Gasteiger partial charge in [-0.15, -0.1) is 0 Å². The summed E-state index contributed by atoms with van der Waals surface area (Å²) in [6, 6.07) is 2.35. The molecule has 0 fully saturated rings. The molecule has 0 aromatic heterocycles. The van der Waals surface area contributed by atoms with Crippen LogP contribution in [0, 0.1) is 0 Å². The molecule has 1 rings (SSSR count). The van der Waals surface area contributed by atoms with Crippen LogP contribution in [0.1, 0.15) is 76.1 Å². The van der Waals surface area contributed by atoms with Gasteiger partial charge in [-0.2, -0.15) is 0 Å². The number of rotatable bonds is 6. The number of carbonyl (C=O) groups is 4. The average Bonchev–Trinajstić information content (AvgIpc) is 2.59. The quantitative estimate of drug-likeness (QED) is 0.340. The van der Waals surface area contributed by atoms with Crippen LogP contribution in [0.4, 0.5) is 9.59 Å². The van der Waals surface area contributed by atoms with Crippen molar-refractivity contribution in [3.05, 3.63) is 23.3 Å². The highest BCUT2D eigenvalue weighted by Gasteiger charge is 2.32. The molecular formula is C22H30O10. The van der Waals surface area contributed by atoms with Crippen LogP contribution in [0.5, 0.6) is 11.5 Å². The molecule has 0 unspecified atom stereocenters. The third kappa shape index (κ3) is 8.44. The summed E-state index contributed by atoms with van der Waals surface area (Å²) in [5.41, 5.74) is -2.51. The van der Waals surface area contributed by atoms with Crippen LogP contribution in [-0.2, 0) is 18.9 Å². The molecule has 0 saturated carbocycles. The van der Waals surface area contributed by atoms with Gasteiger partial charge < -0.3 is 28.4 Å². The molecule has 0 aliphatic rings. The van der Waals surface area contributed by atoms with Crippen molar-refractivity contribution in [2.75, 3.05) is 13.2 Å². The lowest BCUT2D eigenvalue weighted by Gasteiger charge is -2.22. The summed E-state index contributed by atoms with van der Waals surface area (Å²) >= 11 is 0. The zero-order valence-electron chi connectivity index (χ0n) is 19.7. The van der Waals surface area contributed by atoms with E-state index in [0.29, 0.717) is 0 Å². The van der Waals surface area contributed by atoms with Crippen molar-refractivity contribution in [3.8, 4) is 11.5 Å². The lowest BCUT2D eigenvalue weighted by atomic mass is 10.1. The molecule has 0 heterocycles. The Labute approximate surface area is 187 Å². The van der Waals surface area contributed by atoms with Crippen LogP contribution in [0.2, 0.25) is 0 Å². The Balaban J connectivity index is 3.61. The van der Waals surface area contributed by atoms with Gasteiger partial charge in [-0.1, -0.05) is 0 Å². The first-order valence-corrected chi connectivity index (χ1v) is 10.0. The van der Waals surface area contributed by atoms with Gasteiger partial charge in [0.2, 0.25) is 0 Å². The molecule has 0 radical (unpaired) electrons. The molecule has 1 aromatic rings. The minimum absolute atomic E-state index is 0.0273. The first-order chi connectivity index (χ1) is 14.7. The van der Waals surface area contributed by atoms with Gasteiger partial charge in [0.25, 0.3) is 0 Å². The summed E-state index contributed by atoms with van der Waals surface area (Å²) in [6.07, 6.45) is -2.32. The Bertz CT molecular complexity index is 859. The predicted octanol–water partition coefficient (Wildman–Crippen LogP) is 4.67. The second-order valence-corrected chi connectivity index (χ2v) is 8.39. The number of carbonyl (C=O) groups excluding carboxylic acids is 4. The fourth-order valence-corrected chi connectivity index (χ4v) is 2.24. The molecule has 178 valence electrons. The smallest absolute Gasteiger partial charge is 0.462 e. The van der Waals surface area contributed by atoms with E-state index in [1.54, 1.807) is 55.4 Å². The van der Waals surface area contributed by atoms with E-state index in [2.05, 4.69) is 0 Å². The van der Waals surface area contributed by atoms with Gasteiger partial charge in [0.1, 0.15) is 16.8 Å². The maximum atomic E-state index is 12.7. The van der Waals surface area contributed by atoms with E-state index in [0.717, 1.165) is 0 Å². The summed E-state index contributed by atoms with van der Waals surface area (Å²) < 4.78 is 30.6. The highest BCUT2D eigenvalue weighted by molar-refractivity contribution is 6.06. The second-order valence-electron chi connectivity index (χ2n) is 8.39. The fourth-order valence-electron chi connectivity index (χ4n) is 2.24. The minimum atomic E-state index is -1.20. The van der Waals surface area contributed by atoms with E-state index < -0.39 is 46.8 Å². The van der Waals surface area contributed by atoms with Crippen LogP contribution in [0.3, 0.4) is 0 Å². The minimum Gasteiger partial charge on any atom is -0.462 e. The van der Waals surface area contributed by atoms with Gasteiger partial charge in [0.05, 0.1) is 18.8 Å². The third-order valence-electron chi connectivity index (χ3n) is 3.25. The molecule has 0 aliphatic carbocycles. The Morgan fingerprint density at radius 2 is 1.19 bits per heavy atom. The van der Waals surface area contributed by atoms with Gasteiger partial charge in [-0.25, -0.2) is 19.2 Å². The first-order valence-electron chi connectivity index (χ1n) is 10.0. The van der Waals surface area contributed by atoms with Gasteiger partial charge in [0.15, 0.2) is 11.5 Å². The SMILES string of the molecule is CCOC(=O)c1ccc(OC(=O)OC(C)(C)C)c(OC(=O)OC(C)(C)C)c1C(=O)OCC. The molecule has 10 heteroatoms. The maximum Gasteiger partial charge on any atom is 0.514 e. The Kier molecular flexibility index (Phi) is 9.05. The second kappa shape index (κ2) is 10.8. The molecule has 0 aliphatic heterocycles. The van der Waals surface area contributed by atoms with E-state index in [1.165, 1.54) is 12.1 Å². The molecular weight excluding hydrogens is 424 g/mol. The number of hydrogen-bond donors (Lipinski definition) is 0. The molecule has 0 spiro atoms. The van der Waals surface area contributed by atoms with E-state index in [-0.39, 0.29) is 24.5 Å². The molecule has 0 N–H and O–H groups in total. The van der Waals surface area contributed by atoms with E-state index in [4.69, 9.17) is 28.4 Å². The van der Waals surface area contributed by atoms with Crippen molar-refractivity contribution in [2.45, 2.75) is 66.6 Å². The third-order valence-corrected chi connectivity index (χ3v) is 3.25. The number of benzene rings is 1. The number of esters is 2. The lowest BCUT2D eigenvalue weighted by Crippen LogP contribution is -2.28. The summed E-state index contributed by atoms with van der Waals surface area (Å²) in [6.45, 7) is 12.8. The molecule has 0 saturated heterocycles. The van der Waals surface area contributed by atoms with Crippen molar-refractivity contribution in [2.24, 2.45) is 0 Å². The van der Waals surface area contributed by atoms with Crippen LogP contribution in [0.25, 0.3) is 0 Å². The van der Waals surface area contributed by atoms with E-state index in [9.17, 15) is 19.2 Å². The number of ether oxygens (including phenoxy) is 6. The molecule has 32 heavy (non-hydrogen) atoms. The topological polar surface area (TPSA) is 124 Å². The largest absolute Gasteiger partial charge is 0.514 e. The number of hydrogen-bond acceptors (Lipinski definition) is 10.